The summed E-state index contributed by atoms with van der Waals surface area (Å²) in [5.41, 5.74) is 3.22. The lowest BCUT2D eigenvalue weighted by Crippen LogP contribution is -2.05. The molecule has 2 rings (SSSR count). The second kappa shape index (κ2) is 10.7. The first-order chi connectivity index (χ1) is 12.2. The lowest BCUT2D eigenvalue weighted by Gasteiger charge is -2.12. The summed E-state index contributed by atoms with van der Waals surface area (Å²) in [5.74, 6) is -0.825. The average molecular weight is 338 g/mol. The topological polar surface area (TPSA) is 37.3 Å². The van der Waals surface area contributed by atoms with E-state index in [0.29, 0.717) is 5.56 Å². The summed E-state index contributed by atoms with van der Waals surface area (Å²) in [4.78, 5) is 11.9. The van der Waals surface area contributed by atoms with Crippen LogP contribution in [0.3, 0.4) is 0 Å². The van der Waals surface area contributed by atoms with Crippen molar-refractivity contribution >= 4 is 5.97 Å². The molecule has 0 atom stereocenters. The van der Waals surface area contributed by atoms with E-state index in [9.17, 15) is 9.90 Å². The van der Waals surface area contributed by atoms with Gasteiger partial charge in [-0.2, -0.15) is 0 Å². The smallest absolute Gasteiger partial charge is 0.336 e. The van der Waals surface area contributed by atoms with Gasteiger partial charge in [-0.05, 0) is 29.5 Å². The number of hydrogen-bond acceptors (Lipinski definition) is 1. The van der Waals surface area contributed by atoms with Crippen molar-refractivity contribution in [2.24, 2.45) is 0 Å². The molecule has 0 bridgehead atoms. The molecule has 0 heterocycles. The third-order valence-corrected chi connectivity index (χ3v) is 4.75. The van der Waals surface area contributed by atoms with Crippen molar-refractivity contribution in [1.82, 2.24) is 0 Å². The zero-order valence-electron chi connectivity index (χ0n) is 15.3. The summed E-state index contributed by atoms with van der Waals surface area (Å²) in [6, 6.07) is 15.7. The molecule has 0 spiro atoms. The zero-order valence-corrected chi connectivity index (χ0v) is 15.3. The lowest BCUT2D eigenvalue weighted by atomic mass is 9.92. The van der Waals surface area contributed by atoms with E-state index >= 15 is 0 Å². The van der Waals surface area contributed by atoms with Crippen molar-refractivity contribution in [3.05, 3.63) is 59.7 Å². The van der Waals surface area contributed by atoms with Crippen LogP contribution in [-0.2, 0) is 6.42 Å². The molecule has 2 nitrogen and oxygen atoms in total. The minimum atomic E-state index is -0.825. The third-order valence-electron chi connectivity index (χ3n) is 4.75. The number of carboxylic acids is 1. The van der Waals surface area contributed by atoms with E-state index in [1.165, 1.54) is 44.9 Å². The van der Waals surface area contributed by atoms with Gasteiger partial charge in [-0.25, -0.2) is 4.79 Å². The van der Waals surface area contributed by atoms with Crippen LogP contribution >= 0.6 is 0 Å². The van der Waals surface area contributed by atoms with E-state index in [1.54, 1.807) is 0 Å². The molecule has 25 heavy (non-hydrogen) atoms. The monoisotopic (exact) mass is 338 g/mol. The fraction of sp³-hybridized carbons (Fsp3) is 0.435. The molecular weight excluding hydrogens is 308 g/mol. The summed E-state index contributed by atoms with van der Waals surface area (Å²) in [5, 5.41) is 9.73. The van der Waals surface area contributed by atoms with Crippen molar-refractivity contribution in [2.75, 3.05) is 0 Å². The molecule has 134 valence electrons. The number of rotatable bonds is 11. The molecule has 2 aromatic rings. The van der Waals surface area contributed by atoms with Gasteiger partial charge in [0, 0.05) is 0 Å². The first-order valence-electron chi connectivity index (χ1n) is 9.64. The van der Waals surface area contributed by atoms with Crippen LogP contribution in [0.2, 0.25) is 0 Å². The highest BCUT2D eigenvalue weighted by atomic mass is 16.4. The van der Waals surface area contributed by atoms with E-state index < -0.39 is 5.97 Å². The quantitative estimate of drug-likeness (QED) is 0.461. The molecule has 1 N–H and O–H groups in total. The van der Waals surface area contributed by atoms with E-state index in [0.717, 1.165) is 29.5 Å². The summed E-state index contributed by atoms with van der Waals surface area (Å²) in [6.07, 6.45) is 10.9. The highest BCUT2D eigenvalue weighted by molar-refractivity contribution is 5.97. The molecule has 0 aliphatic carbocycles. The molecule has 2 heteroatoms. The van der Waals surface area contributed by atoms with Crippen LogP contribution < -0.4 is 0 Å². The molecule has 0 aliphatic heterocycles. The van der Waals surface area contributed by atoms with Gasteiger partial charge in [-0.15, -0.1) is 0 Å². The van der Waals surface area contributed by atoms with Crippen molar-refractivity contribution in [2.45, 2.75) is 64.7 Å². The molecule has 0 unspecified atom stereocenters. The minimum absolute atomic E-state index is 0.469. The Morgan fingerprint density at radius 3 is 2.08 bits per heavy atom. The van der Waals surface area contributed by atoms with E-state index in [-0.39, 0.29) is 0 Å². The molecular formula is C23H30O2. The van der Waals surface area contributed by atoms with Crippen LogP contribution in [0, 0.1) is 0 Å². The second-order valence-electron chi connectivity index (χ2n) is 6.74. The maximum absolute atomic E-state index is 11.9. The van der Waals surface area contributed by atoms with Gasteiger partial charge in [0.2, 0.25) is 0 Å². The van der Waals surface area contributed by atoms with Crippen molar-refractivity contribution in [1.29, 1.82) is 0 Å². The van der Waals surface area contributed by atoms with Gasteiger partial charge in [-0.1, -0.05) is 100 Å². The predicted octanol–water partition coefficient (Wildman–Crippen LogP) is 6.74. The lowest BCUT2D eigenvalue weighted by molar-refractivity contribution is 0.0696. The molecule has 0 aromatic heterocycles. The van der Waals surface area contributed by atoms with E-state index in [4.69, 9.17) is 0 Å². The van der Waals surface area contributed by atoms with E-state index in [2.05, 4.69) is 6.92 Å². The Labute approximate surface area is 151 Å². The maximum Gasteiger partial charge on any atom is 0.336 e. The van der Waals surface area contributed by atoms with Crippen LogP contribution in [0.25, 0.3) is 11.1 Å². The Kier molecular flexibility index (Phi) is 8.24. The highest BCUT2D eigenvalue weighted by Gasteiger charge is 2.16. The first kappa shape index (κ1) is 19.2. The summed E-state index contributed by atoms with van der Waals surface area (Å²) >= 11 is 0. The number of carbonyl (C=O) groups is 1. The fourth-order valence-corrected chi connectivity index (χ4v) is 3.37. The average Bonchev–Trinajstić information content (AvgIpc) is 2.64. The Bertz CT molecular complexity index is 646. The van der Waals surface area contributed by atoms with Crippen LogP contribution in [0.4, 0.5) is 0 Å². The largest absolute Gasteiger partial charge is 0.478 e. The Morgan fingerprint density at radius 1 is 0.800 bits per heavy atom. The van der Waals surface area contributed by atoms with Gasteiger partial charge in [0.1, 0.15) is 0 Å². The summed E-state index contributed by atoms with van der Waals surface area (Å²) < 4.78 is 0. The molecule has 0 fully saturated rings. The maximum atomic E-state index is 11.9. The standard InChI is InChI=1S/C23H30O2/c1-2-3-4-5-6-7-8-10-16-20-17-13-18-21(22(20)23(24)25)19-14-11-9-12-15-19/h9,11-15,17-18H,2-8,10,16H2,1H3,(H,24,25). The summed E-state index contributed by atoms with van der Waals surface area (Å²) in [7, 11) is 0. The molecule has 0 saturated heterocycles. The number of hydrogen-bond donors (Lipinski definition) is 1. The van der Waals surface area contributed by atoms with Crippen LogP contribution in [0.1, 0.15) is 74.2 Å². The van der Waals surface area contributed by atoms with Gasteiger partial charge >= 0.3 is 5.97 Å². The molecule has 0 aliphatic rings. The van der Waals surface area contributed by atoms with Crippen molar-refractivity contribution in [3.8, 4) is 11.1 Å². The first-order valence-corrected chi connectivity index (χ1v) is 9.64. The van der Waals surface area contributed by atoms with Gasteiger partial charge in [-0.3, -0.25) is 0 Å². The SMILES string of the molecule is CCCCCCCCCCc1cccc(-c2ccccc2)c1C(=O)O. The van der Waals surface area contributed by atoms with Gasteiger partial charge in [0.05, 0.1) is 5.56 Å². The van der Waals surface area contributed by atoms with E-state index in [1.807, 2.05) is 48.5 Å². The Balaban J connectivity index is 1.96. The van der Waals surface area contributed by atoms with Gasteiger partial charge in [0.25, 0.3) is 0 Å². The van der Waals surface area contributed by atoms with Crippen LogP contribution in [-0.4, -0.2) is 11.1 Å². The second-order valence-corrected chi connectivity index (χ2v) is 6.74. The number of benzene rings is 2. The Morgan fingerprint density at radius 2 is 1.44 bits per heavy atom. The van der Waals surface area contributed by atoms with Gasteiger partial charge < -0.3 is 5.11 Å². The van der Waals surface area contributed by atoms with Gasteiger partial charge in [0.15, 0.2) is 0 Å². The third kappa shape index (κ3) is 6.04. The van der Waals surface area contributed by atoms with Crippen molar-refractivity contribution in [3.63, 3.8) is 0 Å². The Hall–Kier alpha value is -2.09. The zero-order chi connectivity index (χ0) is 17.9. The number of aromatic carboxylic acids is 1. The predicted molar refractivity (Wildman–Crippen MR) is 105 cm³/mol. The molecule has 0 amide bonds. The number of aryl methyl sites for hydroxylation is 1. The summed E-state index contributed by atoms with van der Waals surface area (Å²) in [6.45, 7) is 2.24. The number of unbranched alkanes of at least 4 members (excludes halogenated alkanes) is 7. The highest BCUT2D eigenvalue weighted by Crippen LogP contribution is 2.27. The molecule has 0 radical (unpaired) electrons. The molecule has 2 aromatic carbocycles. The minimum Gasteiger partial charge on any atom is -0.478 e. The molecule has 0 saturated carbocycles. The van der Waals surface area contributed by atoms with Crippen LogP contribution in [0.5, 0.6) is 0 Å². The fourth-order valence-electron chi connectivity index (χ4n) is 3.37. The van der Waals surface area contributed by atoms with Crippen molar-refractivity contribution < 1.29 is 9.90 Å². The normalized spacial score (nSPS) is 10.8. The van der Waals surface area contributed by atoms with Crippen LogP contribution in [0.15, 0.2) is 48.5 Å². The number of carboxylic acid groups (broad SMARTS) is 1.